The number of benzene rings is 2. The van der Waals surface area contributed by atoms with E-state index < -0.39 is 17.2 Å². The van der Waals surface area contributed by atoms with Crippen molar-refractivity contribution in [3.8, 4) is 34.5 Å². The molecule has 0 bridgehead atoms. The minimum absolute atomic E-state index is 0.0804. The maximum absolute atomic E-state index is 15.4. The first-order chi connectivity index (χ1) is 22.7. The zero-order chi connectivity index (χ0) is 33.2. The number of para-hydroxylation sites is 1. The van der Waals surface area contributed by atoms with Crippen molar-refractivity contribution in [1.29, 1.82) is 0 Å². The van der Waals surface area contributed by atoms with Crippen LogP contribution in [0.25, 0.3) is 33.3 Å². The Morgan fingerprint density at radius 1 is 0.979 bits per heavy atom. The molecule has 0 fully saturated rings. The van der Waals surface area contributed by atoms with E-state index in [0.29, 0.717) is 46.1 Å². The molecule has 1 N–H and O–H groups in total. The van der Waals surface area contributed by atoms with Crippen LogP contribution in [0.5, 0.6) is 23.1 Å². The van der Waals surface area contributed by atoms with E-state index in [2.05, 4.69) is 15.3 Å². The number of nitrogens with zero attached hydrogens (tertiary/aromatic N) is 3. The maximum atomic E-state index is 15.4. The van der Waals surface area contributed by atoms with Gasteiger partial charge in [-0.1, -0.05) is 18.2 Å². The van der Waals surface area contributed by atoms with E-state index >= 15 is 4.39 Å². The van der Waals surface area contributed by atoms with E-state index in [1.807, 2.05) is 24.3 Å². The lowest BCUT2D eigenvalue weighted by Crippen LogP contribution is -2.28. The maximum Gasteiger partial charge on any atom is 0.261 e. The summed E-state index contributed by atoms with van der Waals surface area (Å²) in [7, 11) is 4.78. The third kappa shape index (κ3) is 5.98. The summed E-state index contributed by atoms with van der Waals surface area (Å²) in [6.07, 6.45) is 1.50. The molecule has 11 nitrogen and oxygen atoms in total. The molecular formula is C35H31FN4O7. The predicted molar refractivity (Wildman–Crippen MR) is 174 cm³/mol. The number of hydrogen-bond donors (Lipinski definition) is 1. The number of carbonyl (C=O) groups is 1. The van der Waals surface area contributed by atoms with Crippen LogP contribution in [0.15, 0.2) is 76.1 Å². The molecule has 0 spiro atoms. The van der Waals surface area contributed by atoms with E-state index in [0.717, 1.165) is 11.5 Å². The standard InChI is InChI=1S/C35H31FN4O7/c1-19-30(28-16-21-8-6-7-9-25(21)46-28)33(41)31(20(2)40(19)3)34(42)38-22-10-11-26(23(36)17-22)47-27-12-13-37-24-18-29(45-15-14-43-4)35(44-5)39-32(24)27/h6-13,16-18H,14-15H2,1-5H3,(H,38,42). The van der Waals surface area contributed by atoms with Gasteiger partial charge in [-0.25, -0.2) is 9.37 Å². The third-order valence-corrected chi connectivity index (χ3v) is 7.84. The smallest absolute Gasteiger partial charge is 0.261 e. The van der Waals surface area contributed by atoms with Gasteiger partial charge in [-0.15, -0.1) is 0 Å². The molecule has 6 aromatic rings. The van der Waals surface area contributed by atoms with Gasteiger partial charge in [0.25, 0.3) is 11.8 Å². The predicted octanol–water partition coefficient (Wildman–Crippen LogP) is 6.58. The topological polar surface area (TPSA) is 127 Å². The number of nitrogens with one attached hydrogen (secondary N) is 1. The molecule has 47 heavy (non-hydrogen) atoms. The number of fused-ring (bicyclic) bond motifs is 2. The average Bonchev–Trinajstić information content (AvgIpc) is 3.48. The first-order valence-corrected chi connectivity index (χ1v) is 14.6. The molecule has 1 amide bonds. The Hall–Kier alpha value is -5.75. The van der Waals surface area contributed by atoms with Gasteiger partial charge in [0.1, 0.15) is 29.0 Å². The first kappa shape index (κ1) is 31.2. The summed E-state index contributed by atoms with van der Waals surface area (Å²) in [6, 6.07) is 16.3. The van der Waals surface area contributed by atoms with Crippen LogP contribution in [-0.4, -0.2) is 47.9 Å². The van der Waals surface area contributed by atoms with Crippen molar-refractivity contribution in [2.24, 2.45) is 7.05 Å². The van der Waals surface area contributed by atoms with Crippen LogP contribution in [0.1, 0.15) is 21.7 Å². The Morgan fingerprint density at radius 3 is 2.53 bits per heavy atom. The highest BCUT2D eigenvalue weighted by Crippen LogP contribution is 2.35. The van der Waals surface area contributed by atoms with Gasteiger partial charge in [-0.05, 0) is 38.1 Å². The van der Waals surface area contributed by atoms with Crippen molar-refractivity contribution in [3.63, 3.8) is 0 Å². The number of anilines is 1. The fourth-order valence-electron chi connectivity index (χ4n) is 5.26. The number of furan rings is 1. The fraction of sp³-hybridized carbons (Fsp3) is 0.200. The van der Waals surface area contributed by atoms with E-state index in [4.69, 9.17) is 23.4 Å². The highest BCUT2D eigenvalue weighted by atomic mass is 19.1. The summed E-state index contributed by atoms with van der Waals surface area (Å²) in [5.41, 5.74) is 2.31. The van der Waals surface area contributed by atoms with E-state index in [1.54, 1.807) is 50.8 Å². The number of halogens is 1. The number of aromatic nitrogens is 3. The summed E-state index contributed by atoms with van der Waals surface area (Å²) < 4.78 is 45.1. The molecule has 0 aliphatic carbocycles. The average molecular weight is 639 g/mol. The second-order valence-corrected chi connectivity index (χ2v) is 10.7. The van der Waals surface area contributed by atoms with Crippen molar-refractivity contribution in [3.05, 3.63) is 99.9 Å². The Labute approximate surface area is 268 Å². The SMILES string of the molecule is COCCOc1cc2nccc(Oc3ccc(NC(=O)c4c(C)n(C)c(C)c(-c5cc6ccccc6o5)c4=O)cc3F)c2nc1OC. The van der Waals surface area contributed by atoms with Gasteiger partial charge in [0.15, 0.2) is 23.1 Å². The lowest BCUT2D eigenvalue weighted by molar-refractivity contribution is 0.102. The van der Waals surface area contributed by atoms with Crippen LogP contribution >= 0.6 is 0 Å². The summed E-state index contributed by atoms with van der Waals surface area (Å²) in [5, 5.41) is 3.49. The molecule has 4 heterocycles. The normalized spacial score (nSPS) is 11.2. The molecule has 2 aromatic carbocycles. The number of hydrogen-bond acceptors (Lipinski definition) is 9. The summed E-state index contributed by atoms with van der Waals surface area (Å²) in [5.74, 6) is -0.404. The second-order valence-electron chi connectivity index (χ2n) is 10.7. The monoisotopic (exact) mass is 638 g/mol. The summed E-state index contributed by atoms with van der Waals surface area (Å²) in [4.78, 5) is 36.1. The third-order valence-electron chi connectivity index (χ3n) is 7.84. The number of pyridine rings is 3. The molecule has 0 aliphatic rings. The van der Waals surface area contributed by atoms with E-state index in [9.17, 15) is 9.59 Å². The minimum atomic E-state index is -0.754. The number of amides is 1. The molecule has 240 valence electrons. The molecule has 0 saturated carbocycles. The molecule has 0 aliphatic heterocycles. The Balaban J connectivity index is 1.27. The van der Waals surface area contributed by atoms with Gasteiger partial charge in [0.2, 0.25) is 5.43 Å². The lowest BCUT2D eigenvalue weighted by Gasteiger charge is -2.17. The molecule has 0 radical (unpaired) electrons. The van der Waals surface area contributed by atoms with Gasteiger partial charge < -0.3 is 33.2 Å². The molecule has 4 aromatic heterocycles. The van der Waals surface area contributed by atoms with Crippen LogP contribution in [0.4, 0.5) is 10.1 Å². The lowest BCUT2D eigenvalue weighted by atomic mass is 10.0. The van der Waals surface area contributed by atoms with Crippen molar-refractivity contribution >= 4 is 33.6 Å². The molecule has 0 unspecified atom stereocenters. The van der Waals surface area contributed by atoms with Crippen molar-refractivity contribution in [1.82, 2.24) is 14.5 Å². The highest BCUT2D eigenvalue weighted by Gasteiger charge is 2.24. The van der Waals surface area contributed by atoms with Gasteiger partial charge in [0, 0.05) is 61.0 Å². The van der Waals surface area contributed by atoms with E-state index in [1.165, 1.54) is 25.4 Å². The van der Waals surface area contributed by atoms with Gasteiger partial charge in [-0.3, -0.25) is 14.6 Å². The van der Waals surface area contributed by atoms with Crippen LogP contribution < -0.4 is 25.0 Å². The summed E-state index contributed by atoms with van der Waals surface area (Å²) in [6.45, 7) is 4.13. The minimum Gasteiger partial charge on any atom is -0.485 e. The second kappa shape index (κ2) is 12.9. The quantitative estimate of drug-likeness (QED) is 0.166. The molecule has 12 heteroatoms. The van der Waals surface area contributed by atoms with Gasteiger partial charge in [0.05, 0.1) is 24.8 Å². The molecular weight excluding hydrogens is 607 g/mol. The zero-order valence-corrected chi connectivity index (χ0v) is 26.3. The summed E-state index contributed by atoms with van der Waals surface area (Å²) >= 11 is 0. The van der Waals surface area contributed by atoms with Crippen molar-refractivity contribution in [2.45, 2.75) is 13.8 Å². The molecule has 6 rings (SSSR count). The number of carbonyl (C=O) groups excluding carboxylic acids is 1. The molecule has 0 atom stereocenters. The Bertz CT molecular complexity index is 2180. The highest BCUT2D eigenvalue weighted by molar-refractivity contribution is 6.05. The van der Waals surface area contributed by atoms with Crippen molar-refractivity contribution in [2.75, 3.05) is 32.8 Å². The van der Waals surface area contributed by atoms with Crippen LogP contribution in [-0.2, 0) is 11.8 Å². The fourth-order valence-corrected chi connectivity index (χ4v) is 5.26. The molecule has 0 saturated heterocycles. The largest absolute Gasteiger partial charge is 0.485 e. The van der Waals surface area contributed by atoms with Gasteiger partial charge >= 0.3 is 0 Å². The first-order valence-electron chi connectivity index (χ1n) is 14.6. The zero-order valence-electron chi connectivity index (χ0n) is 26.3. The Kier molecular flexibility index (Phi) is 8.59. The number of methoxy groups -OCH3 is 2. The number of ether oxygens (including phenoxy) is 4. The van der Waals surface area contributed by atoms with Crippen LogP contribution in [0.2, 0.25) is 0 Å². The Morgan fingerprint density at radius 2 is 1.79 bits per heavy atom. The van der Waals surface area contributed by atoms with Crippen LogP contribution in [0.3, 0.4) is 0 Å². The number of rotatable bonds is 10. The van der Waals surface area contributed by atoms with Crippen molar-refractivity contribution < 1.29 is 32.5 Å². The van der Waals surface area contributed by atoms with E-state index in [-0.39, 0.29) is 40.8 Å². The van der Waals surface area contributed by atoms with Gasteiger partial charge in [-0.2, -0.15) is 0 Å². The van der Waals surface area contributed by atoms with Crippen LogP contribution in [0, 0.1) is 19.7 Å².